The Labute approximate surface area is 137 Å². The van der Waals surface area contributed by atoms with E-state index in [4.69, 9.17) is 27.6 Å². The summed E-state index contributed by atoms with van der Waals surface area (Å²) in [6.07, 6.45) is 0.309. The normalized spacial score (nSPS) is 10.9. The highest BCUT2D eigenvalue weighted by Crippen LogP contribution is 2.30. The summed E-state index contributed by atoms with van der Waals surface area (Å²) in [7, 11) is 0. The minimum atomic E-state index is 0.0596. The number of para-hydroxylation sites is 1. The molecule has 0 aliphatic carbocycles. The fourth-order valence-corrected chi connectivity index (χ4v) is 2.62. The highest BCUT2D eigenvalue weighted by atomic mass is 35.5. The lowest BCUT2D eigenvalue weighted by atomic mass is 10.1. The van der Waals surface area contributed by atoms with Crippen molar-refractivity contribution in [1.82, 2.24) is 4.98 Å². The molecule has 0 spiro atoms. The summed E-state index contributed by atoms with van der Waals surface area (Å²) in [5.74, 6) is 0.0596. The van der Waals surface area contributed by atoms with E-state index in [-0.39, 0.29) is 5.78 Å². The topological polar surface area (TPSA) is 55.1 Å². The first-order valence-electron chi connectivity index (χ1n) is 6.63. The Balaban J connectivity index is 1.97. The maximum absolute atomic E-state index is 11.2. The molecule has 1 aromatic heterocycles. The first kappa shape index (κ1) is 14.9. The van der Waals surface area contributed by atoms with Crippen LogP contribution in [0.3, 0.4) is 0 Å². The number of benzene rings is 2. The van der Waals surface area contributed by atoms with E-state index in [2.05, 4.69) is 10.3 Å². The third-order valence-electron chi connectivity index (χ3n) is 3.08. The van der Waals surface area contributed by atoms with E-state index in [9.17, 15) is 4.79 Å². The highest BCUT2D eigenvalue weighted by molar-refractivity contribution is 6.35. The molecule has 3 aromatic rings. The minimum Gasteiger partial charge on any atom is -0.423 e. The number of ketones is 1. The van der Waals surface area contributed by atoms with Gasteiger partial charge in [-0.3, -0.25) is 4.79 Å². The number of Topliss-reactive ketones (excluding diaryl/α,β-unsaturated/α-hetero) is 1. The molecule has 0 aliphatic rings. The molecule has 0 amide bonds. The number of aromatic nitrogens is 1. The minimum absolute atomic E-state index is 0.0596. The predicted molar refractivity (Wildman–Crippen MR) is 88.1 cm³/mol. The van der Waals surface area contributed by atoms with Crippen molar-refractivity contribution < 1.29 is 9.21 Å². The summed E-state index contributed by atoms with van der Waals surface area (Å²) < 4.78 is 5.65. The number of oxazole rings is 1. The third kappa shape index (κ3) is 3.08. The monoisotopic (exact) mass is 334 g/mol. The van der Waals surface area contributed by atoms with Crippen LogP contribution < -0.4 is 5.32 Å². The van der Waals surface area contributed by atoms with Crippen molar-refractivity contribution in [3.05, 3.63) is 52.0 Å². The zero-order valence-corrected chi connectivity index (χ0v) is 13.2. The van der Waals surface area contributed by atoms with E-state index in [0.717, 1.165) is 5.56 Å². The van der Waals surface area contributed by atoms with Crippen LogP contribution in [-0.4, -0.2) is 10.8 Å². The fourth-order valence-electron chi connectivity index (χ4n) is 2.16. The summed E-state index contributed by atoms with van der Waals surface area (Å²) in [5.41, 5.74) is 2.56. The number of fused-ring (bicyclic) bond motifs is 1. The molecule has 0 radical (unpaired) electrons. The molecule has 4 nitrogen and oxygen atoms in total. The molecule has 0 bridgehead atoms. The molecule has 0 atom stereocenters. The molecule has 6 heteroatoms. The molecular weight excluding hydrogens is 323 g/mol. The molecule has 0 unspecified atom stereocenters. The van der Waals surface area contributed by atoms with Gasteiger partial charge in [-0.15, -0.1) is 0 Å². The number of rotatable bonds is 4. The van der Waals surface area contributed by atoms with Crippen LogP contribution in [0.15, 0.2) is 40.8 Å². The highest BCUT2D eigenvalue weighted by Gasteiger charge is 2.12. The lowest BCUT2D eigenvalue weighted by molar-refractivity contribution is -0.116. The molecular formula is C16H12Cl2N2O2. The smallest absolute Gasteiger partial charge is 0.300 e. The lowest BCUT2D eigenvalue weighted by Crippen LogP contribution is -1.95. The number of anilines is 2. The second-order valence-electron chi connectivity index (χ2n) is 4.93. The number of halogens is 2. The van der Waals surface area contributed by atoms with Crippen molar-refractivity contribution in [3.63, 3.8) is 0 Å². The van der Waals surface area contributed by atoms with Crippen LogP contribution in [0.4, 0.5) is 11.7 Å². The second kappa shape index (κ2) is 5.99. The van der Waals surface area contributed by atoms with E-state index < -0.39 is 0 Å². The number of hydrogen-bond acceptors (Lipinski definition) is 4. The molecule has 1 N–H and O–H groups in total. The average Bonchev–Trinajstić information content (AvgIpc) is 2.84. The van der Waals surface area contributed by atoms with Crippen molar-refractivity contribution in [2.24, 2.45) is 0 Å². The predicted octanol–water partition coefficient (Wildman–Crippen LogP) is 5.01. The lowest BCUT2D eigenvalue weighted by Gasteiger charge is -2.02. The van der Waals surface area contributed by atoms with Gasteiger partial charge in [-0.2, -0.15) is 4.98 Å². The number of carbonyl (C=O) groups excluding carboxylic acids is 1. The van der Waals surface area contributed by atoms with Gasteiger partial charge in [0, 0.05) is 6.42 Å². The quantitative estimate of drug-likeness (QED) is 0.728. The first-order valence-corrected chi connectivity index (χ1v) is 7.38. The maximum Gasteiger partial charge on any atom is 0.300 e. The van der Waals surface area contributed by atoms with Gasteiger partial charge < -0.3 is 9.73 Å². The van der Waals surface area contributed by atoms with E-state index in [0.29, 0.717) is 39.3 Å². The van der Waals surface area contributed by atoms with Crippen molar-refractivity contribution in [3.8, 4) is 0 Å². The molecule has 112 valence electrons. The molecule has 0 fully saturated rings. The van der Waals surface area contributed by atoms with Crippen molar-refractivity contribution in [2.75, 3.05) is 5.32 Å². The number of hydrogen-bond donors (Lipinski definition) is 1. The number of carbonyl (C=O) groups is 1. The number of nitrogens with zero attached hydrogens (tertiary/aromatic N) is 1. The fraction of sp³-hybridized carbons (Fsp3) is 0.125. The Hall–Kier alpha value is -2.04. The van der Waals surface area contributed by atoms with Crippen LogP contribution >= 0.6 is 23.2 Å². The zero-order valence-electron chi connectivity index (χ0n) is 11.7. The van der Waals surface area contributed by atoms with Crippen LogP contribution in [0.25, 0.3) is 11.1 Å². The SMILES string of the molecule is CC(=O)Cc1cc(Cl)c2nc(Nc3ccccc3Cl)oc2c1. The van der Waals surface area contributed by atoms with Gasteiger partial charge in [0.2, 0.25) is 0 Å². The summed E-state index contributed by atoms with van der Waals surface area (Å²) in [6.45, 7) is 1.53. The van der Waals surface area contributed by atoms with E-state index >= 15 is 0 Å². The van der Waals surface area contributed by atoms with Gasteiger partial charge >= 0.3 is 0 Å². The van der Waals surface area contributed by atoms with Crippen LogP contribution in [0.1, 0.15) is 12.5 Å². The van der Waals surface area contributed by atoms with Crippen LogP contribution in [0.2, 0.25) is 10.0 Å². The largest absolute Gasteiger partial charge is 0.423 e. The standard InChI is InChI=1S/C16H12Cl2N2O2/c1-9(21)6-10-7-12(18)15-14(8-10)22-16(20-15)19-13-5-3-2-4-11(13)17/h2-5,7-8H,6H2,1H3,(H,19,20). The molecule has 3 rings (SSSR count). The van der Waals surface area contributed by atoms with Crippen LogP contribution in [0, 0.1) is 0 Å². The van der Waals surface area contributed by atoms with E-state index in [1.807, 2.05) is 18.2 Å². The Kier molecular flexibility index (Phi) is 4.05. The summed E-state index contributed by atoms with van der Waals surface area (Å²) in [6, 6.07) is 11.1. The molecule has 1 heterocycles. The van der Waals surface area contributed by atoms with E-state index in [1.165, 1.54) is 6.92 Å². The van der Waals surface area contributed by atoms with Gasteiger partial charge in [-0.1, -0.05) is 35.3 Å². The van der Waals surface area contributed by atoms with Gasteiger partial charge in [-0.05, 0) is 36.8 Å². The Morgan fingerprint density at radius 2 is 2.00 bits per heavy atom. The summed E-state index contributed by atoms with van der Waals surface area (Å²) in [5, 5.41) is 4.03. The van der Waals surface area contributed by atoms with Crippen LogP contribution in [-0.2, 0) is 11.2 Å². The summed E-state index contributed by atoms with van der Waals surface area (Å²) in [4.78, 5) is 15.5. The second-order valence-corrected chi connectivity index (χ2v) is 5.74. The van der Waals surface area contributed by atoms with E-state index in [1.54, 1.807) is 18.2 Å². The van der Waals surface area contributed by atoms with Gasteiger partial charge in [0.15, 0.2) is 5.58 Å². The van der Waals surface area contributed by atoms with Crippen molar-refractivity contribution in [2.45, 2.75) is 13.3 Å². The van der Waals surface area contributed by atoms with Gasteiger partial charge in [0.1, 0.15) is 11.3 Å². The Morgan fingerprint density at radius 1 is 1.23 bits per heavy atom. The van der Waals surface area contributed by atoms with Gasteiger partial charge in [0.25, 0.3) is 6.01 Å². The average molecular weight is 335 g/mol. The zero-order chi connectivity index (χ0) is 15.7. The van der Waals surface area contributed by atoms with Gasteiger partial charge in [0.05, 0.1) is 15.7 Å². The molecule has 22 heavy (non-hydrogen) atoms. The van der Waals surface area contributed by atoms with Crippen molar-refractivity contribution in [1.29, 1.82) is 0 Å². The maximum atomic E-state index is 11.2. The molecule has 0 saturated heterocycles. The van der Waals surface area contributed by atoms with Crippen LogP contribution in [0.5, 0.6) is 0 Å². The third-order valence-corrected chi connectivity index (χ3v) is 3.69. The van der Waals surface area contributed by atoms with Gasteiger partial charge in [-0.25, -0.2) is 0 Å². The summed E-state index contributed by atoms with van der Waals surface area (Å²) >= 11 is 12.3. The molecule has 0 saturated carbocycles. The Morgan fingerprint density at radius 3 is 2.73 bits per heavy atom. The van der Waals surface area contributed by atoms with Crippen molar-refractivity contribution >= 4 is 51.8 Å². The first-order chi connectivity index (χ1) is 10.5. The Bertz CT molecular complexity index is 858. The molecule has 2 aromatic carbocycles. The number of nitrogens with one attached hydrogen (secondary N) is 1. The molecule has 0 aliphatic heterocycles.